The molecular formula is C23H32N4O5. The number of nitrogens with zero attached hydrogens (tertiary/aromatic N) is 2. The highest BCUT2D eigenvalue weighted by Gasteiger charge is 2.42. The fourth-order valence-electron chi connectivity index (χ4n) is 4.87. The quantitative estimate of drug-likeness (QED) is 0.473. The van der Waals surface area contributed by atoms with Crippen molar-refractivity contribution < 1.29 is 24.3 Å². The molecule has 2 saturated carbocycles. The second-order valence-corrected chi connectivity index (χ2v) is 8.95. The highest BCUT2D eigenvalue weighted by atomic mass is 16.6. The number of anilines is 1. The Bertz CT molecular complexity index is 808. The predicted octanol–water partition coefficient (Wildman–Crippen LogP) is 1.90. The molecule has 2 aliphatic carbocycles. The summed E-state index contributed by atoms with van der Waals surface area (Å²) in [5.74, 6) is -1.92. The minimum absolute atomic E-state index is 0.0660. The van der Waals surface area contributed by atoms with Crippen molar-refractivity contribution in [2.75, 3.05) is 31.1 Å². The lowest BCUT2D eigenvalue weighted by atomic mass is 9.76. The minimum atomic E-state index is -0.727. The summed E-state index contributed by atoms with van der Waals surface area (Å²) in [4.78, 5) is 41.8. The van der Waals surface area contributed by atoms with Crippen LogP contribution < -0.4 is 15.7 Å². The summed E-state index contributed by atoms with van der Waals surface area (Å²) in [5, 5.41) is 12.1. The van der Waals surface area contributed by atoms with E-state index in [-0.39, 0.29) is 18.4 Å². The van der Waals surface area contributed by atoms with E-state index in [1.54, 1.807) is 5.48 Å². The number of amides is 3. The third-order valence-corrected chi connectivity index (χ3v) is 6.98. The maximum atomic E-state index is 13.3. The van der Waals surface area contributed by atoms with Crippen LogP contribution in [-0.2, 0) is 14.3 Å². The number of hydrogen-bond donors (Lipinski definition) is 3. The van der Waals surface area contributed by atoms with Crippen molar-refractivity contribution in [1.29, 1.82) is 0 Å². The van der Waals surface area contributed by atoms with E-state index in [1.165, 1.54) is 0 Å². The van der Waals surface area contributed by atoms with E-state index < -0.39 is 29.9 Å². The molecule has 3 aliphatic rings. The maximum absolute atomic E-state index is 13.3. The fourth-order valence-corrected chi connectivity index (χ4v) is 4.87. The molecule has 2 unspecified atom stereocenters. The Morgan fingerprint density at radius 2 is 1.66 bits per heavy atom. The molecule has 3 amide bonds. The molecule has 4 rings (SSSR count). The minimum Gasteiger partial charge on any atom is -0.446 e. The molecule has 174 valence electrons. The molecule has 1 saturated heterocycles. The number of para-hydroxylation sites is 1. The van der Waals surface area contributed by atoms with Gasteiger partial charge in [0.25, 0.3) is 0 Å². The number of nitrogens with one attached hydrogen (secondary N) is 2. The summed E-state index contributed by atoms with van der Waals surface area (Å²) in [6.45, 7) is 2.63. The largest absolute Gasteiger partial charge is 0.446 e. The number of ether oxygens (including phenoxy) is 1. The van der Waals surface area contributed by atoms with E-state index in [2.05, 4.69) is 22.3 Å². The van der Waals surface area contributed by atoms with Gasteiger partial charge in [-0.2, -0.15) is 0 Å². The van der Waals surface area contributed by atoms with Crippen LogP contribution in [0, 0.1) is 11.8 Å². The van der Waals surface area contributed by atoms with Crippen LogP contribution in [0.4, 0.5) is 10.5 Å². The van der Waals surface area contributed by atoms with E-state index in [9.17, 15) is 19.6 Å². The van der Waals surface area contributed by atoms with E-state index in [1.807, 2.05) is 23.1 Å². The number of carbonyl (C=O) groups is 3. The lowest BCUT2D eigenvalue weighted by Crippen LogP contribution is -2.53. The Morgan fingerprint density at radius 3 is 2.28 bits per heavy atom. The molecule has 3 atom stereocenters. The van der Waals surface area contributed by atoms with E-state index in [0.717, 1.165) is 38.0 Å². The number of benzene rings is 1. The average Bonchev–Trinajstić information content (AvgIpc) is 2.81. The molecular weight excluding hydrogens is 412 g/mol. The van der Waals surface area contributed by atoms with Crippen LogP contribution in [0.5, 0.6) is 0 Å². The van der Waals surface area contributed by atoms with Gasteiger partial charge in [-0.1, -0.05) is 18.2 Å². The van der Waals surface area contributed by atoms with Crippen molar-refractivity contribution in [1.82, 2.24) is 15.7 Å². The van der Waals surface area contributed by atoms with Crippen molar-refractivity contribution in [3.63, 3.8) is 0 Å². The summed E-state index contributed by atoms with van der Waals surface area (Å²) in [6.07, 6.45) is 3.31. The predicted molar refractivity (Wildman–Crippen MR) is 117 cm³/mol. The SMILES string of the molecule is O=C(NC1CCC1)OC1CC[C@H](C(=O)N2CCN(c3ccccc3)CC2)C(C(=O)NO)C1. The molecule has 1 aromatic carbocycles. The smallest absolute Gasteiger partial charge is 0.407 e. The first kappa shape index (κ1) is 22.4. The first-order chi connectivity index (χ1) is 15.5. The second kappa shape index (κ2) is 10.2. The molecule has 9 nitrogen and oxygen atoms in total. The van der Waals surface area contributed by atoms with Gasteiger partial charge in [-0.05, 0) is 50.7 Å². The lowest BCUT2D eigenvalue weighted by Gasteiger charge is -2.40. The third kappa shape index (κ3) is 5.15. The van der Waals surface area contributed by atoms with Gasteiger partial charge in [-0.25, -0.2) is 10.3 Å². The number of alkyl carbamates (subject to hydrolysis) is 1. The van der Waals surface area contributed by atoms with Crippen molar-refractivity contribution in [2.24, 2.45) is 11.8 Å². The Balaban J connectivity index is 1.33. The summed E-state index contributed by atoms with van der Waals surface area (Å²) >= 11 is 0. The Morgan fingerprint density at radius 1 is 0.938 bits per heavy atom. The van der Waals surface area contributed by atoms with E-state index in [4.69, 9.17) is 4.74 Å². The van der Waals surface area contributed by atoms with E-state index >= 15 is 0 Å². The average molecular weight is 445 g/mol. The summed E-state index contributed by atoms with van der Waals surface area (Å²) in [5.41, 5.74) is 2.84. The molecule has 0 bridgehead atoms. The third-order valence-electron chi connectivity index (χ3n) is 6.98. The van der Waals surface area contributed by atoms with Crippen molar-refractivity contribution in [3.05, 3.63) is 30.3 Å². The first-order valence-electron chi connectivity index (χ1n) is 11.5. The first-order valence-corrected chi connectivity index (χ1v) is 11.5. The Labute approximate surface area is 188 Å². The lowest BCUT2D eigenvalue weighted by molar-refractivity contribution is -0.149. The van der Waals surface area contributed by atoms with Gasteiger partial charge < -0.3 is 19.9 Å². The van der Waals surface area contributed by atoms with Gasteiger partial charge in [0, 0.05) is 37.9 Å². The van der Waals surface area contributed by atoms with Gasteiger partial charge in [0.2, 0.25) is 11.8 Å². The molecule has 0 aromatic heterocycles. The summed E-state index contributed by atoms with van der Waals surface area (Å²) in [7, 11) is 0. The number of piperazine rings is 1. The van der Waals surface area contributed by atoms with Crippen LogP contribution in [0.1, 0.15) is 38.5 Å². The number of carbonyl (C=O) groups excluding carboxylic acids is 3. The normalized spacial score (nSPS) is 26.1. The summed E-state index contributed by atoms with van der Waals surface area (Å²) < 4.78 is 5.52. The van der Waals surface area contributed by atoms with E-state index in [0.29, 0.717) is 25.9 Å². The van der Waals surface area contributed by atoms with Gasteiger partial charge in [-0.15, -0.1) is 0 Å². The molecule has 32 heavy (non-hydrogen) atoms. The monoisotopic (exact) mass is 444 g/mol. The number of rotatable bonds is 5. The molecule has 0 radical (unpaired) electrons. The van der Waals surface area contributed by atoms with Crippen molar-refractivity contribution in [2.45, 2.75) is 50.7 Å². The zero-order valence-electron chi connectivity index (χ0n) is 18.2. The molecule has 3 N–H and O–H groups in total. The van der Waals surface area contributed by atoms with Crippen LogP contribution in [0.15, 0.2) is 30.3 Å². The molecule has 1 heterocycles. The van der Waals surface area contributed by atoms with Gasteiger partial charge >= 0.3 is 6.09 Å². The maximum Gasteiger partial charge on any atom is 0.407 e. The fraction of sp³-hybridized carbons (Fsp3) is 0.609. The van der Waals surface area contributed by atoms with Gasteiger partial charge in [0.15, 0.2) is 0 Å². The number of hydrogen-bond acceptors (Lipinski definition) is 6. The van der Waals surface area contributed by atoms with Gasteiger partial charge in [0.05, 0.1) is 11.8 Å². The Kier molecular flexibility index (Phi) is 7.14. The van der Waals surface area contributed by atoms with Crippen molar-refractivity contribution in [3.8, 4) is 0 Å². The summed E-state index contributed by atoms with van der Waals surface area (Å²) in [6, 6.07) is 10.3. The molecule has 1 aliphatic heterocycles. The zero-order chi connectivity index (χ0) is 22.5. The highest BCUT2D eigenvalue weighted by molar-refractivity contribution is 5.87. The topological polar surface area (TPSA) is 111 Å². The van der Waals surface area contributed by atoms with Crippen LogP contribution in [0.2, 0.25) is 0 Å². The van der Waals surface area contributed by atoms with Crippen molar-refractivity contribution >= 4 is 23.6 Å². The van der Waals surface area contributed by atoms with Gasteiger partial charge in [0.1, 0.15) is 6.10 Å². The van der Waals surface area contributed by atoms with Gasteiger partial charge in [-0.3, -0.25) is 14.8 Å². The van der Waals surface area contributed by atoms with Crippen LogP contribution >= 0.6 is 0 Å². The highest BCUT2D eigenvalue weighted by Crippen LogP contribution is 2.34. The Hall–Kier alpha value is -2.81. The van der Waals surface area contributed by atoms with Crippen LogP contribution in [0.3, 0.4) is 0 Å². The standard InChI is InChI=1S/C23H32N4O5/c28-21(25-31)20-15-18(32-23(30)24-16-5-4-6-16)9-10-19(20)22(29)27-13-11-26(12-14-27)17-7-2-1-3-8-17/h1-3,7-8,16,18-20,31H,4-6,9-15H2,(H,24,30)(H,25,28)/t18?,19-,20?/m0/s1. The zero-order valence-corrected chi connectivity index (χ0v) is 18.2. The number of hydroxylamine groups is 1. The van der Waals surface area contributed by atoms with Crippen LogP contribution in [0.25, 0.3) is 0 Å². The van der Waals surface area contributed by atoms with Crippen LogP contribution in [-0.4, -0.2) is 66.3 Å². The molecule has 9 heteroatoms. The molecule has 1 aromatic rings. The second-order valence-electron chi connectivity index (χ2n) is 8.95. The molecule has 3 fully saturated rings. The molecule has 0 spiro atoms.